The van der Waals surface area contributed by atoms with Crippen molar-refractivity contribution in [3.05, 3.63) is 17.0 Å². The fourth-order valence-corrected chi connectivity index (χ4v) is 1.41. The van der Waals surface area contributed by atoms with E-state index in [1.54, 1.807) is 13.8 Å². The van der Waals surface area contributed by atoms with Crippen LogP contribution in [-0.4, -0.2) is 11.1 Å². The number of rotatable bonds is 4. The van der Waals surface area contributed by atoms with E-state index < -0.39 is 5.41 Å². The maximum absolute atomic E-state index is 11.9. The van der Waals surface area contributed by atoms with Gasteiger partial charge in [0.05, 0.1) is 11.8 Å². The topological polar surface area (TPSA) is 78.9 Å². The first-order valence-corrected chi connectivity index (χ1v) is 5.56. The van der Waals surface area contributed by atoms with Crippen LogP contribution in [0.15, 0.2) is 4.52 Å². The van der Waals surface area contributed by atoms with Crippen molar-refractivity contribution < 1.29 is 9.32 Å². The van der Waals surface area contributed by atoms with E-state index in [9.17, 15) is 4.79 Å². The van der Waals surface area contributed by atoms with Crippen molar-refractivity contribution in [1.82, 2.24) is 10.5 Å². The van der Waals surface area contributed by atoms with Gasteiger partial charge in [0, 0.05) is 12.1 Å². The quantitative estimate of drug-likeness (QED) is 0.863. The Morgan fingerprint density at radius 3 is 2.65 bits per heavy atom. The highest BCUT2D eigenvalue weighted by Crippen LogP contribution is 2.20. The standard InChI is InChI=1S/C12H17N3O2/c1-5-12(4,7-13)11(16)14-6-10-8(2)15-17-9(10)3/h5-6H2,1-4H3,(H,14,16). The van der Waals surface area contributed by atoms with Gasteiger partial charge in [0.25, 0.3) is 0 Å². The molecule has 0 saturated carbocycles. The molecule has 1 heterocycles. The summed E-state index contributed by atoms with van der Waals surface area (Å²) in [4.78, 5) is 11.9. The highest BCUT2D eigenvalue weighted by atomic mass is 16.5. The largest absolute Gasteiger partial charge is 0.361 e. The number of nitrogens with zero attached hydrogens (tertiary/aromatic N) is 2. The molecule has 0 spiro atoms. The molecule has 1 aromatic heterocycles. The van der Waals surface area contributed by atoms with Crippen molar-refractivity contribution in [3.8, 4) is 6.07 Å². The summed E-state index contributed by atoms with van der Waals surface area (Å²) in [6, 6.07) is 2.04. The summed E-state index contributed by atoms with van der Waals surface area (Å²) in [6.07, 6.45) is 0.483. The van der Waals surface area contributed by atoms with E-state index in [1.165, 1.54) is 0 Å². The molecular weight excluding hydrogens is 218 g/mol. The second-order valence-corrected chi connectivity index (χ2v) is 4.28. The predicted octanol–water partition coefficient (Wildman–Crippen LogP) is 1.85. The summed E-state index contributed by atoms with van der Waals surface area (Å²) in [7, 11) is 0. The number of nitrogens with one attached hydrogen (secondary N) is 1. The number of carbonyl (C=O) groups is 1. The summed E-state index contributed by atoms with van der Waals surface area (Å²) in [5.41, 5.74) is 0.659. The molecule has 0 bridgehead atoms. The van der Waals surface area contributed by atoms with Gasteiger partial charge in [0.2, 0.25) is 5.91 Å². The van der Waals surface area contributed by atoms with Gasteiger partial charge < -0.3 is 9.84 Å². The van der Waals surface area contributed by atoms with Crippen LogP contribution in [-0.2, 0) is 11.3 Å². The van der Waals surface area contributed by atoms with Crippen LogP contribution in [0.2, 0.25) is 0 Å². The van der Waals surface area contributed by atoms with E-state index in [0.29, 0.717) is 18.7 Å². The summed E-state index contributed by atoms with van der Waals surface area (Å²) in [5.74, 6) is 0.431. The number of carbonyl (C=O) groups excluding carboxylic acids is 1. The van der Waals surface area contributed by atoms with Crippen LogP contribution in [0.3, 0.4) is 0 Å². The number of nitriles is 1. The molecule has 0 aliphatic heterocycles. The Kier molecular flexibility index (Phi) is 3.89. The van der Waals surface area contributed by atoms with Crippen molar-refractivity contribution in [2.75, 3.05) is 0 Å². The average Bonchev–Trinajstić information content (AvgIpc) is 2.65. The fraction of sp³-hybridized carbons (Fsp3) is 0.583. The third kappa shape index (κ3) is 2.64. The third-order valence-electron chi connectivity index (χ3n) is 3.06. The van der Waals surface area contributed by atoms with Crippen LogP contribution in [0, 0.1) is 30.6 Å². The normalized spacial score (nSPS) is 13.8. The van der Waals surface area contributed by atoms with Gasteiger partial charge in [0.15, 0.2) is 0 Å². The maximum atomic E-state index is 11.9. The molecule has 0 aliphatic carbocycles. The molecule has 1 amide bonds. The Balaban J connectivity index is 2.70. The van der Waals surface area contributed by atoms with Crippen molar-refractivity contribution >= 4 is 5.91 Å². The summed E-state index contributed by atoms with van der Waals surface area (Å²) in [5, 5.41) is 15.5. The van der Waals surface area contributed by atoms with Gasteiger partial charge in [-0.2, -0.15) is 5.26 Å². The third-order valence-corrected chi connectivity index (χ3v) is 3.06. The molecule has 0 aromatic carbocycles. The average molecular weight is 235 g/mol. The van der Waals surface area contributed by atoms with Gasteiger partial charge in [-0.05, 0) is 27.2 Å². The first-order valence-electron chi connectivity index (χ1n) is 5.56. The molecule has 1 atom stereocenters. The van der Waals surface area contributed by atoms with Gasteiger partial charge in [-0.1, -0.05) is 12.1 Å². The smallest absolute Gasteiger partial charge is 0.240 e. The van der Waals surface area contributed by atoms with E-state index in [0.717, 1.165) is 11.3 Å². The van der Waals surface area contributed by atoms with Crippen LogP contribution in [0.1, 0.15) is 37.3 Å². The molecule has 0 radical (unpaired) electrons. The molecule has 92 valence electrons. The minimum atomic E-state index is -0.973. The molecule has 1 aromatic rings. The summed E-state index contributed by atoms with van der Waals surface area (Å²) in [6.45, 7) is 7.41. The minimum Gasteiger partial charge on any atom is -0.361 e. The Bertz CT molecular complexity index is 439. The van der Waals surface area contributed by atoms with Crippen molar-refractivity contribution in [2.45, 2.75) is 40.7 Å². The minimum absolute atomic E-state index is 0.262. The van der Waals surface area contributed by atoms with Crippen LogP contribution >= 0.6 is 0 Å². The molecule has 0 aliphatic rings. The molecular formula is C12H17N3O2. The molecule has 0 saturated heterocycles. The van der Waals surface area contributed by atoms with Gasteiger partial charge >= 0.3 is 0 Å². The summed E-state index contributed by atoms with van der Waals surface area (Å²) >= 11 is 0. The zero-order valence-electron chi connectivity index (χ0n) is 10.6. The van der Waals surface area contributed by atoms with Gasteiger partial charge in [0.1, 0.15) is 11.2 Å². The lowest BCUT2D eigenvalue weighted by atomic mass is 9.88. The molecule has 0 fully saturated rings. The first-order chi connectivity index (χ1) is 7.94. The SMILES string of the molecule is CCC(C)(C#N)C(=O)NCc1c(C)noc1C. The van der Waals surface area contributed by atoms with E-state index in [4.69, 9.17) is 9.78 Å². The second-order valence-electron chi connectivity index (χ2n) is 4.28. The van der Waals surface area contributed by atoms with Crippen LogP contribution < -0.4 is 5.32 Å². The Hall–Kier alpha value is -1.83. The van der Waals surface area contributed by atoms with Crippen LogP contribution in [0.4, 0.5) is 0 Å². The van der Waals surface area contributed by atoms with Crippen molar-refractivity contribution in [1.29, 1.82) is 5.26 Å². The number of aromatic nitrogens is 1. The lowest BCUT2D eigenvalue weighted by Crippen LogP contribution is -2.37. The fourth-order valence-electron chi connectivity index (χ4n) is 1.41. The van der Waals surface area contributed by atoms with E-state index in [2.05, 4.69) is 10.5 Å². The van der Waals surface area contributed by atoms with E-state index in [-0.39, 0.29) is 5.91 Å². The summed E-state index contributed by atoms with van der Waals surface area (Å²) < 4.78 is 5.00. The predicted molar refractivity (Wildman–Crippen MR) is 61.8 cm³/mol. The lowest BCUT2D eigenvalue weighted by molar-refractivity contribution is -0.127. The Labute approximate surface area is 101 Å². The van der Waals surface area contributed by atoms with Gasteiger partial charge in [-0.3, -0.25) is 4.79 Å². The Morgan fingerprint density at radius 1 is 1.59 bits per heavy atom. The van der Waals surface area contributed by atoms with E-state index in [1.807, 2.05) is 19.9 Å². The van der Waals surface area contributed by atoms with Crippen LogP contribution in [0.5, 0.6) is 0 Å². The molecule has 5 nitrogen and oxygen atoms in total. The van der Waals surface area contributed by atoms with Crippen molar-refractivity contribution in [2.24, 2.45) is 5.41 Å². The number of hydrogen-bond donors (Lipinski definition) is 1. The number of amides is 1. The first kappa shape index (κ1) is 13.2. The van der Waals surface area contributed by atoms with Gasteiger partial charge in [-0.15, -0.1) is 0 Å². The Morgan fingerprint density at radius 2 is 2.24 bits per heavy atom. The van der Waals surface area contributed by atoms with Crippen LogP contribution in [0.25, 0.3) is 0 Å². The molecule has 1 rings (SSSR count). The molecule has 17 heavy (non-hydrogen) atoms. The molecule has 1 N–H and O–H groups in total. The molecule has 1 unspecified atom stereocenters. The van der Waals surface area contributed by atoms with Gasteiger partial charge in [-0.25, -0.2) is 0 Å². The zero-order valence-corrected chi connectivity index (χ0v) is 10.6. The highest BCUT2D eigenvalue weighted by Gasteiger charge is 2.31. The second kappa shape index (κ2) is 5.00. The highest BCUT2D eigenvalue weighted by molar-refractivity contribution is 5.84. The number of hydrogen-bond acceptors (Lipinski definition) is 4. The molecule has 5 heteroatoms. The maximum Gasteiger partial charge on any atom is 0.240 e. The monoisotopic (exact) mass is 235 g/mol. The zero-order chi connectivity index (χ0) is 13.1. The van der Waals surface area contributed by atoms with E-state index >= 15 is 0 Å². The number of aryl methyl sites for hydroxylation is 2. The van der Waals surface area contributed by atoms with Crippen molar-refractivity contribution in [3.63, 3.8) is 0 Å². The lowest BCUT2D eigenvalue weighted by Gasteiger charge is -2.18.